The van der Waals surface area contributed by atoms with Crippen LogP contribution >= 0.6 is 11.6 Å². The first kappa shape index (κ1) is 17.6. The molecule has 0 spiro atoms. The van der Waals surface area contributed by atoms with Gasteiger partial charge in [0.1, 0.15) is 0 Å². The van der Waals surface area contributed by atoms with Crippen LogP contribution in [0.5, 0.6) is 0 Å². The summed E-state index contributed by atoms with van der Waals surface area (Å²) in [4.78, 5) is 16.0. The summed E-state index contributed by atoms with van der Waals surface area (Å²) in [6, 6.07) is 12.9. The Morgan fingerprint density at radius 1 is 0.960 bits per heavy atom. The molecule has 3 rings (SSSR count). The van der Waals surface area contributed by atoms with Crippen molar-refractivity contribution < 1.29 is 18.0 Å². The molecule has 0 bridgehead atoms. The number of carbonyl (C=O) groups is 1. The van der Waals surface area contributed by atoms with Crippen molar-refractivity contribution >= 4 is 23.2 Å². The summed E-state index contributed by atoms with van der Waals surface area (Å²) in [5.41, 5.74) is 0.236. The molecular weight excluding hydrogens is 353 g/mol. The third kappa shape index (κ3) is 3.90. The summed E-state index contributed by atoms with van der Waals surface area (Å²) < 4.78 is 39.0. The molecule has 0 unspecified atom stereocenters. The van der Waals surface area contributed by atoms with E-state index in [0.717, 1.165) is 6.07 Å². The second kappa shape index (κ2) is 6.96. The van der Waals surface area contributed by atoms with Gasteiger partial charge in [-0.15, -0.1) is 0 Å². The van der Waals surface area contributed by atoms with Crippen LogP contribution < -0.4 is 4.90 Å². The first-order chi connectivity index (χ1) is 11.9. The standard InChI is InChI=1S/C18H16ClF3N2O/c19-16-7-6-14(12-15(16)18(20,21)22)23-8-10-24(11-9-23)17(25)13-4-2-1-3-5-13/h1-7,12H,8-11H2. The molecule has 0 saturated carbocycles. The fourth-order valence-corrected chi connectivity index (χ4v) is 3.08. The Balaban J connectivity index is 1.70. The number of nitrogens with zero attached hydrogens (tertiary/aromatic N) is 2. The number of piperazine rings is 1. The van der Waals surface area contributed by atoms with Crippen LogP contribution in [0.2, 0.25) is 5.02 Å². The molecule has 2 aromatic carbocycles. The average molecular weight is 369 g/mol. The van der Waals surface area contributed by atoms with Gasteiger partial charge in [-0.1, -0.05) is 29.8 Å². The zero-order valence-corrected chi connectivity index (χ0v) is 14.0. The molecule has 1 aliphatic rings. The highest BCUT2D eigenvalue weighted by molar-refractivity contribution is 6.31. The van der Waals surface area contributed by atoms with E-state index >= 15 is 0 Å². The van der Waals surface area contributed by atoms with Gasteiger partial charge in [-0.3, -0.25) is 4.79 Å². The van der Waals surface area contributed by atoms with E-state index in [9.17, 15) is 18.0 Å². The molecule has 1 amide bonds. The Hall–Kier alpha value is -2.21. The Morgan fingerprint density at radius 3 is 2.20 bits per heavy atom. The predicted octanol–water partition coefficient (Wildman–Crippen LogP) is 4.32. The molecule has 0 radical (unpaired) electrons. The van der Waals surface area contributed by atoms with Crippen LogP contribution in [0.3, 0.4) is 0 Å². The lowest BCUT2D eigenvalue weighted by Gasteiger charge is -2.36. The second-order valence-electron chi connectivity index (χ2n) is 5.81. The third-order valence-corrected chi connectivity index (χ3v) is 4.54. The highest BCUT2D eigenvalue weighted by Crippen LogP contribution is 2.37. The van der Waals surface area contributed by atoms with E-state index in [1.165, 1.54) is 6.07 Å². The van der Waals surface area contributed by atoms with Crippen molar-refractivity contribution in [2.75, 3.05) is 31.1 Å². The fraction of sp³-hybridized carbons (Fsp3) is 0.278. The van der Waals surface area contributed by atoms with E-state index in [2.05, 4.69) is 0 Å². The normalized spacial score (nSPS) is 15.4. The van der Waals surface area contributed by atoms with E-state index in [-0.39, 0.29) is 10.9 Å². The topological polar surface area (TPSA) is 23.6 Å². The summed E-state index contributed by atoms with van der Waals surface area (Å²) in [7, 11) is 0. The average Bonchev–Trinajstić information content (AvgIpc) is 2.61. The van der Waals surface area contributed by atoms with Gasteiger partial charge in [-0.2, -0.15) is 13.2 Å². The maximum absolute atomic E-state index is 13.0. The van der Waals surface area contributed by atoms with E-state index in [0.29, 0.717) is 37.4 Å². The van der Waals surface area contributed by atoms with Crippen LogP contribution in [0.15, 0.2) is 48.5 Å². The second-order valence-corrected chi connectivity index (χ2v) is 6.21. The molecule has 1 heterocycles. The van der Waals surface area contributed by atoms with Crippen LogP contribution in [0.25, 0.3) is 0 Å². The van der Waals surface area contributed by atoms with Crippen molar-refractivity contribution in [3.8, 4) is 0 Å². The van der Waals surface area contributed by atoms with E-state index in [4.69, 9.17) is 11.6 Å². The van der Waals surface area contributed by atoms with Crippen LogP contribution in [-0.4, -0.2) is 37.0 Å². The van der Waals surface area contributed by atoms with Crippen molar-refractivity contribution in [2.24, 2.45) is 0 Å². The lowest BCUT2D eigenvalue weighted by atomic mass is 10.1. The molecule has 0 aromatic heterocycles. The highest BCUT2D eigenvalue weighted by Gasteiger charge is 2.34. The Bertz CT molecular complexity index is 757. The first-order valence-corrected chi connectivity index (χ1v) is 8.20. The van der Waals surface area contributed by atoms with Gasteiger partial charge >= 0.3 is 6.18 Å². The number of anilines is 1. The lowest BCUT2D eigenvalue weighted by Crippen LogP contribution is -2.48. The minimum Gasteiger partial charge on any atom is -0.368 e. The largest absolute Gasteiger partial charge is 0.417 e. The number of carbonyl (C=O) groups excluding carboxylic acids is 1. The highest BCUT2D eigenvalue weighted by atomic mass is 35.5. The third-order valence-electron chi connectivity index (χ3n) is 4.21. The van der Waals surface area contributed by atoms with Gasteiger partial charge in [0.05, 0.1) is 10.6 Å². The molecule has 1 aliphatic heterocycles. The van der Waals surface area contributed by atoms with Crippen LogP contribution in [0.1, 0.15) is 15.9 Å². The number of hydrogen-bond acceptors (Lipinski definition) is 2. The van der Waals surface area contributed by atoms with Crippen LogP contribution in [-0.2, 0) is 6.18 Å². The van der Waals surface area contributed by atoms with Gasteiger partial charge in [-0.05, 0) is 30.3 Å². The van der Waals surface area contributed by atoms with E-state index < -0.39 is 11.7 Å². The van der Waals surface area contributed by atoms with Gasteiger partial charge in [0, 0.05) is 37.4 Å². The number of rotatable bonds is 2. The van der Waals surface area contributed by atoms with Gasteiger partial charge in [0.15, 0.2) is 0 Å². The van der Waals surface area contributed by atoms with E-state index in [1.807, 2.05) is 11.0 Å². The number of halogens is 4. The molecule has 1 saturated heterocycles. The van der Waals surface area contributed by atoms with E-state index in [1.54, 1.807) is 35.2 Å². The van der Waals surface area contributed by atoms with Gasteiger partial charge in [0.2, 0.25) is 0 Å². The monoisotopic (exact) mass is 368 g/mol. The molecular formula is C18H16ClF3N2O. The molecule has 2 aromatic rings. The maximum atomic E-state index is 13.0. The Labute approximate surface area is 148 Å². The van der Waals surface area contributed by atoms with Crippen molar-refractivity contribution in [2.45, 2.75) is 6.18 Å². The molecule has 3 nitrogen and oxygen atoms in total. The smallest absolute Gasteiger partial charge is 0.368 e. The number of alkyl halides is 3. The number of hydrogen-bond donors (Lipinski definition) is 0. The minimum atomic E-state index is -4.49. The summed E-state index contributed by atoms with van der Waals surface area (Å²) in [5.74, 6) is -0.0627. The number of benzene rings is 2. The van der Waals surface area contributed by atoms with Crippen molar-refractivity contribution in [1.29, 1.82) is 0 Å². The van der Waals surface area contributed by atoms with Gasteiger partial charge in [0.25, 0.3) is 5.91 Å². The minimum absolute atomic E-state index is 0.0627. The van der Waals surface area contributed by atoms with Gasteiger partial charge < -0.3 is 9.80 Å². The van der Waals surface area contributed by atoms with Gasteiger partial charge in [-0.25, -0.2) is 0 Å². The Kier molecular flexibility index (Phi) is 4.90. The van der Waals surface area contributed by atoms with Crippen molar-refractivity contribution in [1.82, 2.24) is 4.90 Å². The van der Waals surface area contributed by atoms with Crippen LogP contribution in [0.4, 0.5) is 18.9 Å². The summed E-state index contributed by atoms with van der Waals surface area (Å²) in [6.07, 6.45) is -4.49. The predicted molar refractivity (Wildman–Crippen MR) is 91.0 cm³/mol. The maximum Gasteiger partial charge on any atom is 0.417 e. The van der Waals surface area contributed by atoms with Crippen molar-refractivity contribution in [3.63, 3.8) is 0 Å². The molecule has 0 atom stereocenters. The zero-order valence-electron chi connectivity index (χ0n) is 13.3. The molecule has 25 heavy (non-hydrogen) atoms. The first-order valence-electron chi connectivity index (χ1n) is 7.82. The fourth-order valence-electron chi connectivity index (χ4n) is 2.86. The Morgan fingerprint density at radius 2 is 1.60 bits per heavy atom. The number of amides is 1. The van der Waals surface area contributed by atoms with Crippen molar-refractivity contribution in [3.05, 3.63) is 64.7 Å². The molecule has 0 aliphatic carbocycles. The molecule has 0 N–H and O–H groups in total. The molecule has 132 valence electrons. The summed E-state index contributed by atoms with van der Waals surface area (Å²) in [5, 5.41) is -0.311. The SMILES string of the molecule is O=C(c1ccccc1)N1CCN(c2ccc(Cl)c(C(F)(F)F)c2)CC1. The zero-order chi connectivity index (χ0) is 18.0. The molecule has 1 fully saturated rings. The molecule has 7 heteroatoms. The summed E-state index contributed by atoms with van der Waals surface area (Å²) in [6.45, 7) is 1.85. The summed E-state index contributed by atoms with van der Waals surface area (Å²) >= 11 is 5.66. The van der Waals surface area contributed by atoms with Crippen LogP contribution in [0, 0.1) is 0 Å². The lowest BCUT2D eigenvalue weighted by molar-refractivity contribution is -0.137. The quantitative estimate of drug-likeness (QED) is 0.788.